The summed E-state index contributed by atoms with van der Waals surface area (Å²) in [4.78, 5) is 30.2. The number of hydrogen-bond donors (Lipinski definition) is 2. The molecule has 0 aliphatic rings. The van der Waals surface area contributed by atoms with Crippen LogP contribution < -0.4 is 10.6 Å². The molecule has 0 saturated heterocycles. The lowest BCUT2D eigenvalue weighted by Crippen LogP contribution is -2.27. The van der Waals surface area contributed by atoms with Gasteiger partial charge in [0.15, 0.2) is 0 Å². The lowest BCUT2D eigenvalue weighted by atomic mass is 10.1. The van der Waals surface area contributed by atoms with E-state index in [-0.39, 0.29) is 18.4 Å². The molecule has 168 valence electrons. The van der Waals surface area contributed by atoms with Crippen molar-refractivity contribution < 1.29 is 9.59 Å². The molecule has 0 aliphatic carbocycles. The van der Waals surface area contributed by atoms with Gasteiger partial charge in [-0.15, -0.1) is 0 Å². The predicted molar refractivity (Wildman–Crippen MR) is 131 cm³/mol. The molecule has 6 heteroatoms. The number of imidazole rings is 1. The lowest BCUT2D eigenvalue weighted by molar-refractivity contribution is -0.116. The van der Waals surface area contributed by atoms with Crippen molar-refractivity contribution in [1.82, 2.24) is 14.9 Å². The number of nitrogens with one attached hydrogen (secondary N) is 2. The number of amides is 2. The third-order valence-electron chi connectivity index (χ3n) is 5.70. The second-order valence-corrected chi connectivity index (χ2v) is 8.29. The molecule has 2 amide bonds. The summed E-state index contributed by atoms with van der Waals surface area (Å²) in [5.74, 6) is 0.534. The molecule has 0 fully saturated rings. The Bertz CT molecular complexity index is 1300. The van der Waals surface area contributed by atoms with Gasteiger partial charge in [0.2, 0.25) is 5.91 Å². The summed E-state index contributed by atoms with van der Waals surface area (Å²) < 4.78 is 1.93. The maximum absolute atomic E-state index is 12.9. The van der Waals surface area contributed by atoms with Crippen molar-refractivity contribution in [1.29, 1.82) is 0 Å². The number of rotatable bonds is 7. The summed E-state index contributed by atoms with van der Waals surface area (Å²) in [5, 5.41) is 6.01. The number of para-hydroxylation sites is 3. The van der Waals surface area contributed by atoms with Crippen molar-refractivity contribution in [2.45, 2.75) is 33.7 Å². The quantitative estimate of drug-likeness (QED) is 0.442. The Morgan fingerprint density at radius 2 is 1.64 bits per heavy atom. The number of aryl methyl sites for hydroxylation is 3. The molecule has 0 bridgehead atoms. The standard InChI is InChI=1S/C27H28N4O2/c1-18-8-6-11-21(16-18)27(33)28-15-14-24-29-22-12-4-5-13-23(22)31(24)17-25(32)30-26-19(2)9-7-10-20(26)3/h4-13,16H,14-15,17H2,1-3H3,(H,28,33)(H,30,32). The van der Waals surface area contributed by atoms with E-state index in [4.69, 9.17) is 4.98 Å². The van der Waals surface area contributed by atoms with Crippen LogP contribution in [0.25, 0.3) is 11.0 Å². The van der Waals surface area contributed by atoms with Crippen LogP contribution in [0.15, 0.2) is 66.7 Å². The van der Waals surface area contributed by atoms with Crippen molar-refractivity contribution in [2.75, 3.05) is 11.9 Å². The Labute approximate surface area is 193 Å². The Kier molecular flexibility index (Phi) is 6.54. The minimum Gasteiger partial charge on any atom is -0.352 e. The third-order valence-corrected chi connectivity index (χ3v) is 5.70. The van der Waals surface area contributed by atoms with Gasteiger partial charge >= 0.3 is 0 Å². The van der Waals surface area contributed by atoms with Crippen LogP contribution in [0.3, 0.4) is 0 Å². The summed E-state index contributed by atoms with van der Waals surface area (Å²) >= 11 is 0. The highest BCUT2D eigenvalue weighted by molar-refractivity contribution is 5.94. The van der Waals surface area contributed by atoms with E-state index in [0.29, 0.717) is 18.5 Å². The molecule has 3 aromatic carbocycles. The van der Waals surface area contributed by atoms with Crippen LogP contribution >= 0.6 is 0 Å². The fraction of sp³-hybridized carbons (Fsp3) is 0.222. The smallest absolute Gasteiger partial charge is 0.251 e. The minimum absolute atomic E-state index is 0.111. The number of aromatic nitrogens is 2. The van der Waals surface area contributed by atoms with E-state index < -0.39 is 0 Å². The summed E-state index contributed by atoms with van der Waals surface area (Å²) in [7, 11) is 0. The van der Waals surface area contributed by atoms with Crippen LogP contribution in [0.1, 0.15) is 32.9 Å². The zero-order valence-electron chi connectivity index (χ0n) is 19.2. The average molecular weight is 441 g/mol. The van der Waals surface area contributed by atoms with Crippen LogP contribution in [-0.2, 0) is 17.8 Å². The molecule has 2 N–H and O–H groups in total. The number of hydrogen-bond acceptors (Lipinski definition) is 3. The summed E-state index contributed by atoms with van der Waals surface area (Å²) in [6, 6.07) is 21.2. The van der Waals surface area contributed by atoms with E-state index in [1.165, 1.54) is 0 Å². The van der Waals surface area contributed by atoms with Gasteiger partial charge in [0.1, 0.15) is 12.4 Å². The first-order valence-corrected chi connectivity index (χ1v) is 11.1. The molecule has 4 aromatic rings. The molecule has 0 aliphatic heterocycles. The molecular weight excluding hydrogens is 412 g/mol. The number of benzene rings is 3. The van der Waals surface area contributed by atoms with Gasteiger partial charge in [-0.1, -0.05) is 48.0 Å². The van der Waals surface area contributed by atoms with Crippen LogP contribution in [-0.4, -0.2) is 27.9 Å². The largest absolute Gasteiger partial charge is 0.352 e. The highest BCUT2D eigenvalue weighted by atomic mass is 16.2. The maximum atomic E-state index is 12.9. The molecule has 0 atom stereocenters. The summed E-state index contributed by atoms with van der Waals surface area (Å²) in [6.45, 7) is 6.50. The van der Waals surface area contributed by atoms with Gasteiger partial charge in [0.05, 0.1) is 11.0 Å². The van der Waals surface area contributed by atoms with Crippen molar-refractivity contribution in [3.63, 3.8) is 0 Å². The molecule has 1 heterocycles. The maximum Gasteiger partial charge on any atom is 0.251 e. The van der Waals surface area contributed by atoms with E-state index in [0.717, 1.165) is 39.2 Å². The predicted octanol–water partition coefficient (Wildman–Crippen LogP) is 4.57. The van der Waals surface area contributed by atoms with E-state index in [1.54, 1.807) is 6.07 Å². The topological polar surface area (TPSA) is 76.0 Å². The lowest BCUT2D eigenvalue weighted by Gasteiger charge is -2.14. The first kappa shape index (κ1) is 22.3. The van der Waals surface area contributed by atoms with E-state index in [9.17, 15) is 9.59 Å². The molecule has 0 radical (unpaired) electrons. The normalized spacial score (nSPS) is 10.9. The van der Waals surface area contributed by atoms with Gasteiger partial charge < -0.3 is 15.2 Å². The second kappa shape index (κ2) is 9.69. The molecule has 0 saturated carbocycles. The first-order chi connectivity index (χ1) is 15.9. The van der Waals surface area contributed by atoms with Crippen LogP contribution in [0.2, 0.25) is 0 Å². The van der Waals surface area contributed by atoms with E-state index in [1.807, 2.05) is 86.0 Å². The Balaban J connectivity index is 1.49. The van der Waals surface area contributed by atoms with E-state index in [2.05, 4.69) is 10.6 Å². The number of carbonyl (C=O) groups excluding carboxylic acids is 2. The minimum atomic E-state index is -0.117. The Morgan fingerprint density at radius 3 is 2.39 bits per heavy atom. The Hall–Kier alpha value is -3.93. The fourth-order valence-electron chi connectivity index (χ4n) is 4.00. The number of anilines is 1. The van der Waals surface area contributed by atoms with Crippen molar-refractivity contribution in [3.8, 4) is 0 Å². The van der Waals surface area contributed by atoms with Gasteiger partial charge in [0.25, 0.3) is 5.91 Å². The highest BCUT2D eigenvalue weighted by Gasteiger charge is 2.15. The molecule has 0 unspecified atom stereocenters. The van der Waals surface area contributed by atoms with Gasteiger partial charge in [-0.2, -0.15) is 0 Å². The van der Waals surface area contributed by atoms with Crippen molar-refractivity contribution >= 4 is 28.5 Å². The van der Waals surface area contributed by atoms with Gasteiger partial charge in [-0.3, -0.25) is 9.59 Å². The SMILES string of the molecule is Cc1cccc(C(=O)NCCc2nc3ccccc3n2CC(=O)Nc2c(C)cccc2C)c1. The third kappa shape index (κ3) is 5.12. The van der Waals surface area contributed by atoms with Gasteiger partial charge in [-0.05, 0) is 56.2 Å². The molecule has 1 aromatic heterocycles. The van der Waals surface area contributed by atoms with Gasteiger partial charge in [-0.25, -0.2) is 4.98 Å². The zero-order chi connectivity index (χ0) is 23.4. The van der Waals surface area contributed by atoms with Crippen molar-refractivity contribution in [3.05, 3.63) is 94.8 Å². The number of fused-ring (bicyclic) bond motifs is 1. The molecule has 0 spiro atoms. The second-order valence-electron chi connectivity index (χ2n) is 8.29. The molecule has 4 rings (SSSR count). The summed E-state index contributed by atoms with van der Waals surface area (Å²) in [6.07, 6.45) is 0.517. The number of nitrogens with zero attached hydrogens (tertiary/aromatic N) is 2. The monoisotopic (exact) mass is 440 g/mol. The van der Waals surface area contributed by atoms with Crippen molar-refractivity contribution in [2.24, 2.45) is 0 Å². The average Bonchev–Trinajstić information content (AvgIpc) is 3.13. The molecule has 6 nitrogen and oxygen atoms in total. The van der Waals surface area contributed by atoms with E-state index >= 15 is 0 Å². The van der Waals surface area contributed by atoms with Crippen LogP contribution in [0.4, 0.5) is 5.69 Å². The first-order valence-electron chi connectivity index (χ1n) is 11.1. The molecule has 33 heavy (non-hydrogen) atoms. The van der Waals surface area contributed by atoms with Crippen LogP contribution in [0, 0.1) is 20.8 Å². The van der Waals surface area contributed by atoms with Crippen LogP contribution in [0.5, 0.6) is 0 Å². The van der Waals surface area contributed by atoms with Gasteiger partial charge in [0, 0.05) is 24.2 Å². The fourth-order valence-corrected chi connectivity index (χ4v) is 4.00. The number of carbonyl (C=O) groups is 2. The Morgan fingerprint density at radius 1 is 0.909 bits per heavy atom. The highest BCUT2D eigenvalue weighted by Crippen LogP contribution is 2.21. The molecular formula is C27H28N4O2. The summed E-state index contributed by atoms with van der Waals surface area (Å²) in [5.41, 5.74) is 6.30. The zero-order valence-corrected chi connectivity index (χ0v) is 19.2.